The second kappa shape index (κ2) is 11.7. The minimum Gasteiger partial charge on any atom is -0.336 e. The van der Waals surface area contributed by atoms with E-state index >= 15 is 0 Å². The second-order valence-corrected chi connectivity index (χ2v) is 11.8. The highest BCUT2D eigenvalue weighted by Gasteiger charge is 2.20. The zero-order valence-corrected chi connectivity index (χ0v) is 24.5. The SMILES string of the molecule is CCn1cc(-c2cccc(NC(=O)c3ccc(C(C)(C)C)cc3)c2C)nc(Nc2cccc(CNC3CC3)c2)c1=O. The molecule has 1 fully saturated rings. The Morgan fingerprint density at radius 1 is 1.02 bits per heavy atom. The van der Waals surface area contributed by atoms with Gasteiger partial charge >= 0.3 is 0 Å². The van der Waals surface area contributed by atoms with E-state index in [1.807, 2.05) is 68.4 Å². The van der Waals surface area contributed by atoms with Crippen LogP contribution in [-0.4, -0.2) is 21.5 Å². The summed E-state index contributed by atoms with van der Waals surface area (Å²) in [7, 11) is 0. The fourth-order valence-corrected chi connectivity index (χ4v) is 4.80. The van der Waals surface area contributed by atoms with Gasteiger partial charge in [-0.3, -0.25) is 9.59 Å². The van der Waals surface area contributed by atoms with E-state index in [2.05, 4.69) is 48.9 Å². The van der Waals surface area contributed by atoms with Crippen molar-refractivity contribution in [2.24, 2.45) is 0 Å². The molecule has 1 saturated carbocycles. The molecule has 0 spiro atoms. The van der Waals surface area contributed by atoms with Crippen LogP contribution in [0.15, 0.2) is 77.7 Å². The maximum Gasteiger partial charge on any atom is 0.293 e. The average Bonchev–Trinajstić information content (AvgIpc) is 3.79. The molecule has 212 valence electrons. The van der Waals surface area contributed by atoms with Crippen molar-refractivity contribution in [1.29, 1.82) is 0 Å². The first-order valence-corrected chi connectivity index (χ1v) is 14.3. The summed E-state index contributed by atoms with van der Waals surface area (Å²) in [6.45, 7) is 11.7. The number of carbonyl (C=O) groups excluding carboxylic acids is 1. The van der Waals surface area contributed by atoms with Crippen molar-refractivity contribution < 1.29 is 4.79 Å². The molecule has 3 aromatic carbocycles. The quantitative estimate of drug-likeness (QED) is 0.214. The van der Waals surface area contributed by atoms with E-state index in [1.165, 1.54) is 18.4 Å². The van der Waals surface area contributed by atoms with Crippen molar-refractivity contribution in [3.8, 4) is 11.3 Å². The van der Waals surface area contributed by atoms with E-state index in [0.717, 1.165) is 28.9 Å². The van der Waals surface area contributed by atoms with Crippen molar-refractivity contribution in [2.75, 3.05) is 10.6 Å². The number of aryl methyl sites for hydroxylation is 1. The predicted molar refractivity (Wildman–Crippen MR) is 167 cm³/mol. The molecule has 0 radical (unpaired) electrons. The Morgan fingerprint density at radius 3 is 2.44 bits per heavy atom. The topological polar surface area (TPSA) is 88.1 Å². The Hall–Kier alpha value is -4.23. The summed E-state index contributed by atoms with van der Waals surface area (Å²) in [6.07, 6.45) is 4.25. The van der Waals surface area contributed by atoms with Gasteiger partial charge in [0, 0.05) is 47.8 Å². The van der Waals surface area contributed by atoms with E-state index in [0.29, 0.717) is 29.5 Å². The minimum absolute atomic E-state index is 0.0195. The molecular weight excluding hydrogens is 510 g/mol. The lowest BCUT2D eigenvalue weighted by atomic mass is 9.86. The molecule has 0 saturated heterocycles. The molecule has 7 heteroatoms. The summed E-state index contributed by atoms with van der Waals surface area (Å²) in [5.41, 5.74) is 6.67. The molecule has 1 aliphatic rings. The Labute approximate surface area is 242 Å². The molecule has 0 bridgehead atoms. The molecule has 0 unspecified atom stereocenters. The van der Waals surface area contributed by atoms with Gasteiger partial charge in [0.25, 0.3) is 11.5 Å². The summed E-state index contributed by atoms with van der Waals surface area (Å²) in [5, 5.41) is 9.85. The van der Waals surface area contributed by atoms with Gasteiger partial charge in [-0.15, -0.1) is 0 Å². The lowest BCUT2D eigenvalue weighted by Gasteiger charge is -2.19. The molecule has 1 amide bonds. The Kier molecular flexibility index (Phi) is 8.08. The van der Waals surface area contributed by atoms with E-state index in [4.69, 9.17) is 4.98 Å². The molecule has 4 aromatic rings. The second-order valence-electron chi connectivity index (χ2n) is 11.8. The summed E-state index contributed by atoms with van der Waals surface area (Å²) in [6, 6.07) is 22.2. The fourth-order valence-electron chi connectivity index (χ4n) is 4.80. The number of hydrogen-bond donors (Lipinski definition) is 3. The third kappa shape index (κ3) is 6.74. The first-order chi connectivity index (χ1) is 19.6. The number of benzene rings is 3. The minimum atomic E-state index is -0.182. The predicted octanol–water partition coefficient (Wildman–Crippen LogP) is 6.78. The molecule has 5 rings (SSSR count). The third-order valence-electron chi connectivity index (χ3n) is 7.55. The highest BCUT2D eigenvalue weighted by Crippen LogP contribution is 2.29. The van der Waals surface area contributed by atoms with E-state index < -0.39 is 0 Å². The lowest BCUT2D eigenvalue weighted by molar-refractivity contribution is 0.102. The van der Waals surface area contributed by atoms with Crippen molar-refractivity contribution in [1.82, 2.24) is 14.9 Å². The van der Waals surface area contributed by atoms with Gasteiger partial charge in [-0.05, 0) is 79.1 Å². The molecule has 0 atom stereocenters. The highest BCUT2D eigenvalue weighted by molar-refractivity contribution is 6.05. The van der Waals surface area contributed by atoms with Crippen molar-refractivity contribution >= 4 is 23.1 Å². The zero-order chi connectivity index (χ0) is 29.1. The van der Waals surface area contributed by atoms with Crippen LogP contribution in [0.5, 0.6) is 0 Å². The van der Waals surface area contributed by atoms with Crippen LogP contribution in [0.25, 0.3) is 11.3 Å². The van der Waals surface area contributed by atoms with Gasteiger partial charge in [0.1, 0.15) is 0 Å². The maximum atomic E-state index is 13.2. The number of hydrogen-bond acceptors (Lipinski definition) is 5. The molecule has 1 aliphatic carbocycles. The number of anilines is 3. The summed E-state index contributed by atoms with van der Waals surface area (Å²) in [5.74, 6) is 0.0973. The Balaban J connectivity index is 1.40. The highest BCUT2D eigenvalue weighted by atomic mass is 16.1. The first-order valence-electron chi connectivity index (χ1n) is 14.3. The van der Waals surface area contributed by atoms with Crippen LogP contribution >= 0.6 is 0 Å². The zero-order valence-electron chi connectivity index (χ0n) is 24.5. The van der Waals surface area contributed by atoms with E-state index in [9.17, 15) is 9.59 Å². The van der Waals surface area contributed by atoms with Gasteiger partial charge in [-0.25, -0.2) is 4.98 Å². The summed E-state index contributed by atoms with van der Waals surface area (Å²) in [4.78, 5) is 31.1. The molecule has 1 aromatic heterocycles. The van der Waals surface area contributed by atoms with Crippen LogP contribution in [0.2, 0.25) is 0 Å². The Morgan fingerprint density at radius 2 is 1.76 bits per heavy atom. The molecule has 41 heavy (non-hydrogen) atoms. The van der Waals surface area contributed by atoms with Gasteiger partial charge in [-0.2, -0.15) is 0 Å². The summed E-state index contributed by atoms with van der Waals surface area (Å²) < 4.78 is 1.66. The fraction of sp³-hybridized carbons (Fsp3) is 0.324. The number of nitrogens with one attached hydrogen (secondary N) is 3. The van der Waals surface area contributed by atoms with Gasteiger partial charge < -0.3 is 20.5 Å². The molecule has 7 nitrogen and oxygen atoms in total. The largest absolute Gasteiger partial charge is 0.336 e. The normalized spacial score (nSPS) is 13.2. The van der Waals surface area contributed by atoms with E-state index in [1.54, 1.807) is 10.8 Å². The standard InChI is InChI=1S/C34H39N5O2/c1-6-39-21-30(37-31(33(39)41)36-27-10-7-9-23(19-27)20-35-26-17-18-26)28-11-8-12-29(22(28)2)38-32(40)24-13-15-25(16-14-24)34(3,4)5/h7-16,19,21,26,35H,6,17-18,20H2,1-5H3,(H,36,37)(H,38,40). The van der Waals surface area contributed by atoms with Crippen molar-refractivity contribution in [3.63, 3.8) is 0 Å². The molecule has 3 N–H and O–H groups in total. The number of aromatic nitrogens is 2. The van der Waals surface area contributed by atoms with E-state index in [-0.39, 0.29) is 22.7 Å². The van der Waals surface area contributed by atoms with Crippen LogP contribution in [0.4, 0.5) is 17.2 Å². The number of nitrogens with zero attached hydrogens (tertiary/aromatic N) is 2. The molecular formula is C34H39N5O2. The third-order valence-corrected chi connectivity index (χ3v) is 7.55. The summed E-state index contributed by atoms with van der Waals surface area (Å²) >= 11 is 0. The van der Waals surface area contributed by atoms with Crippen LogP contribution in [0.1, 0.15) is 67.6 Å². The van der Waals surface area contributed by atoms with Crippen LogP contribution in [0.3, 0.4) is 0 Å². The van der Waals surface area contributed by atoms with Crippen molar-refractivity contribution in [3.05, 3.63) is 106 Å². The monoisotopic (exact) mass is 549 g/mol. The number of carbonyl (C=O) groups is 1. The lowest BCUT2D eigenvalue weighted by Crippen LogP contribution is -2.23. The van der Waals surface area contributed by atoms with Crippen LogP contribution in [0, 0.1) is 6.92 Å². The number of rotatable bonds is 9. The van der Waals surface area contributed by atoms with Gasteiger partial charge in [-0.1, -0.05) is 57.2 Å². The van der Waals surface area contributed by atoms with Gasteiger partial charge in [0.15, 0.2) is 5.82 Å². The van der Waals surface area contributed by atoms with Gasteiger partial charge in [0.2, 0.25) is 0 Å². The maximum absolute atomic E-state index is 13.2. The Bertz CT molecular complexity index is 1610. The average molecular weight is 550 g/mol. The van der Waals surface area contributed by atoms with Crippen LogP contribution < -0.4 is 21.5 Å². The van der Waals surface area contributed by atoms with Crippen LogP contribution in [-0.2, 0) is 18.5 Å². The van der Waals surface area contributed by atoms with Crippen molar-refractivity contribution in [2.45, 2.75) is 72.0 Å². The smallest absolute Gasteiger partial charge is 0.293 e. The molecule has 0 aliphatic heterocycles. The van der Waals surface area contributed by atoms with Gasteiger partial charge in [0.05, 0.1) is 5.69 Å². The first kappa shape index (κ1) is 28.3. The number of amides is 1. The molecule has 1 heterocycles.